The third-order valence-corrected chi connectivity index (χ3v) is 9.31. The zero-order valence-corrected chi connectivity index (χ0v) is 22.9. The van der Waals surface area contributed by atoms with Gasteiger partial charge in [-0.3, -0.25) is 9.59 Å². The van der Waals surface area contributed by atoms with Gasteiger partial charge in [0, 0.05) is 48.7 Å². The number of piperidine rings is 1. The third-order valence-electron chi connectivity index (χ3n) is 7.40. The number of carbonyl (C=O) groups excluding carboxylic acids is 2. The number of rotatable bonds is 6. The van der Waals surface area contributed by atoms with Crippen molar-refractivity contribution >= 4 is 48.5 Å². The molecule has 0 spiro atoms. The fourth-order valence-corrected chi connectivity index (χ4v) is 6.75. The van der Waals surface area contributed by atoms with Gasteiger partial charge in [0.1, 0.15) is 0 Å². The van der Waals surface area contributed by atoms with E-state index in [1.807, 2.05) is 64.4 Å². The minimum absolute atomic E-state index is 0.0132. The molecule has 3 aromatic carbocycles. The Balaban J connectivity index is 1.12. The normalized spacial score (nSPS) is 18.9. The number of nitrogens with zero attached hydrogens (tertiary/aromatic N) is 2. The average molecular weight is 585 g/mol. The second-order valence-corrected chi connectivity index (χ2v) is 12.6. The molecule has 1 atom stereocenters. The standard InChI is InChI=1S/C28H30BrN3O4S/c29-25-8-6-24-17-26(9-7-23(24)16-25)37(35,36)30-18-20-10-13-32(19-20)28(34)22-11-14-31(15-12-22)27(33)21-4-2-1-3-5-21/h1-9,16-17,20,22,30H,10-15,18-19H2/t20-/m1/s1. The van der Waals surface area contributed by atoms with Crippen molar-refractivity contribution in [3.63, 3.8) is 0 Å². The number of nitrogens with one attached hydrogen (secondary N) is 1. The van der Waals surface area contributed by atoms with Crippen LogP contribution in [0, 0.1) is 11.8 Å². The Hall–Kier alpha value is -2.75. The maximum atomic E-state index is 13.1. The second kappa shape index (κ2) is 10.9. The fraction of sp³-hybridized carbons (Fsp3) is 0.357. The van der Waals surface area contributed by atoms with E-state index < -0.39 is 10.0 Å². The Bertz CT molecular complexity index is 1410. The van der Waals surface area contributed by atoms with Gasteiger partial charge in [-0.05, 0) is 72.4 Å². The smallest absolute Gasteiger partial charge is 0.253 e. The summed E-state index contributed by atoms with van der Waals surface area (Å²) in [5.74, 6) is 0.125. The fourth-order valence-electron chi connectivity index (χ4n) is 5.22. The molecular weight excluding hydrogens is 554 g/mol. The number of halogens is 1. The summed E-state index contributed by atoms with van der Waals surface area (Å²) < 4.78 is 29.5. The first kappa shape index (κ1) is 25.9. The van der Waals surface area contributed by atoms with E-state index in [0.29, 0.717) is 51.1 Å². The summed E-state index contributed by atoms with van der Waals surface area (Å²) in [6.07, 6.45) is 2.08. The van der Waals surface area contributed by atoms with Crippen LogP contribution in [-0.4, -0.2) is 62.8 Å². The zero-order chi connectivity index (χ0) is 26.0. The molecule has 0 aromatic heterocycles. The van der Waals surface area contributed by atoms with Crippen molar-refractivity contribution in [3.05, 3.63) is 76.8 Å². The molecule has 2 saturated heterocycles. The minimum atomic E-state index is -3.65. The number of likely N-dealkylation sites (tertiary alicyclic amines) is 2. The molecule has 194 valence electrons. The highest BCUT2D eigenvalue weighted by Gasteiger charge is 2.34. The Kier molecular flexibility index (Phi) is 7.65. The summed E-state index contributed by atoms with van der Waals surface area (Å²) in [5.41, 5.74) is 0.675. The van der Waals surface area contributed by atoms with E-state index >= 15 is 0 Å². The molecule has 2 amide bonds. The molecule has 2 heterocycles. The van der Waals surface area contributed by atoms with Crippen LogP contribution < -0.4 is 4.72 Å². The number of amides is 2. The van der Waals surface area contributed by atoms with Crippen LogP contribution in [0.25, 0.3) is 10.8 Å². The summed E-state index contributed by atoms with van der Waals surface area (Å²) in [4.78, 5) is 29.8. The summed E-state index contributed by atoms with van der Waals surface area (Å²) in [6.45, 7) is 2.64. The van der Waals surface area contributed by atoms with Gasteiger partial charge in [0.2, 0.25) is 15.9 Å². The molecule has 0 unspecified atom stereocenters. The summed E-state index contributed by atoms with van der Waals surface area (Å²) >= 11 is 3.44. The van der Waals surface area contributed by atoms with Crippen LogP contribution in [0.3, 0.4) is 0 Å². The van der Waals surface area contributed by atoms with Crippen molar-refractivity contribution in [2.75, 3.05) is 32.7 Å². The van der Waals surface area contributed by atoms with Gasteiger partial charge >= 0.3 is 0 Å². The van der Waals surface area contributed by atoms with Crippen molar-refractivity contribution in [2.45, 2.75) is 24.2 Å². The number of fused-ring (bicyclic) bond motifs is 1. The maximum Gasteiger partial charge on any atom is 0.253 e. The first-order valence-electron chi connectivity index (χ1n) is 12.6. The molecule has 3 aromatic rings. The average Bonchev–Trinajstić information content (AvgIpc) is 3.40. The van der Waals surface area contributed by atoms with Gasteiger partial charge in [-0.2, -0.15) is 0 Å². The number of hydrogen-bond acceptors (Lipinski definition) is 4. The Morgan fingerprint density at radius 3 is 2.30 bits per heavy atom. The molecule has 0 saturated carbocycles. The maximum absolute atomic E-state index is 13.1. The SMILES string of the molecule is O=C(c1ccccc1)N1CCC(C(=O)N2CC[C@H](CNS(=O)(=O)c3ccc4cc(Br)ccc4c3)C2)CC1. The van der Waals surface area contributed by atoms with Gasteiger partial charge in [-0.15, -0.1) is 0 Å². The van der Waals surface area contributed by atoms with E-state index in [2.05, 4.69) is 20.7 Å². The van der Waals surface area contributed by atoms with E-state index in [1.165, 1.54) is 0 Å². The van der Waals surface area contributed by atoms with Crippen molar-refractivity contribution in [1.29, 1.82) is 0 Å². The first-order chi connectivity index (χ1) is 17.8. The van der Waals surface area contributed by atoms with Gasteiger partial charge in [-0.1, -0.05) is 46.3 Å². The number of carbonyl (C=O) groups is 2. The molecule has 7 nitrogen and oxygen atoms in total. The molecule has 0 bridgehead atoms. The van der Waals surface area contributed by atoms with Gasteiger partial charge < -0.3 is 9.80 Å². The highest BCUT2D eigenvalue weighted by molar-refractivity contribution is 9.10. The van der Waals surface area contributed by atoms with E-state index in [4.69, 9.17) is 0 Å². The highest BCUT2D eigenvalue weighted by Crippen LogP contribution is 2.26. The molecule has 0 radical (unpaired) electrons. The van der Waals surface area contributed by atoms with Gasteiger partial charge in [-0.25, -0.2) is 13.1 Å². The van der Waals surface area contributed by atoms with Gasteiger partial charge in [0.05, 0.1) is 4.90 Å². The summed E-state index contributed by atoms with van der Waals surface area (Å²) in [7, 11) is -3.65. The number of benzene rings is 3. The molecule has 37 heavy (non-hydrogen) atoms. The van der Waals surface area contributed by atoms with Gasteiger partial charge in [0.15, 0.2) is 0 Å². The monoisotopic (exact) mass is 583 g/mol. The van der Waals surface area contributed by atoms with Crippen molar-refractivity contribution in [1.82, 2.24) is 14.5 Å². The third kappa shape index (κ3) is 5.89. The zero-order valence-electron chi connectivity index (χ0n) is 20.5. The van der Waals surface area contributed by atoms with Crippen LogP contribution >= 0.6 is 15.9 Å². The summed E-state index contributed by atoms with van der Waals surface area (Å²) in [6, 6.07) is 20.1. The molecule has 1 N–H and O–H groups in total. The highest BCUT2D eigenvalue weighted by atomic mass is 79.9. The molecular formula is C28H30BrN3O4S. The lowest BCUT2D eigenvalue weighted by molar-refractivity contribution is -0.135. The van der Waals surface area contributed by atoms with Gasteiger partial charge in [0.25, 0.3) is 5.91 Å². The molecule has 0 aliphatic carbocycles. The summed E-state index contributed by atoms with van der Waals surface area (Å²) in [5, 5.41) is 1.83. The Morgan fingerprint density at radius 2 is 1.54 bits per heavy atom. The Morgan fingerprint density at radius 1 is 0.865 bits per heavy atom. The van der Waals surface area contributed by atoms with Crippen molar-refractivity contribution in [3.8, 4) is 0 Å². The molecule has 5 rings (SSSR count). The number of sulfonamides is 1. The lowest BCUT2D eigenvalue weighted by Crippen LogP contribution is -2.44. The predicted molar refractivity (Wildman–Crippen MR) is 147 cm³/mol. The molecule has 9 heteroatoms. The van der Waals surface area contributed by atoms with Crippen LogP contribution in [0.15, 0.2) is 76.1 Å². The minimum Gasteiger partial charge on any atom is -0.342 e. The lowest BCUT2D eigenvalue weighted by atomic mass is 9.95. The first-order valence-corrected chi connectivity index (χ1v) is 14.9. The number of hydrogen-bond donors (Lipinski definition) is 1. The molecule has 2 fully saturated rings. The van der Waals surface area contributed by atoms with Crippen molar-refractivity contribution < 1.29 is 18.0 Å². The van der Waals surface area contributed by atoms with E-state index in [1.54, 1.807) is 12.1 Å². The van der Waals surface area contributed by atoms with Crippen LogP contribution in [0.1, 0.15) is 29.6 Å². The van der Waals surface area contributed by atoms with Crippen molar-refractivity contribution in [2.24, 2.45) is 11.8 Å². The van der Waals surface area contributed by atoms with E-state index in [0.717, 1.165) is 21.7 Å². The lowest BCUT2D eigenvalue weighted by Gasteiger charge is -2.33. The van der Waals surface area contributed by atoms with Crippen LogP contribution in [0.2, 0.25) is 0 Å². The Labute approximate surface area is 226 Å². The largest absolute Gasteiger partial charge is 0.342 e. The molecule has 2 aliphatic heterocycles. The van der Waals surface area contributed by atoms with E-state index in [-0.39, 0.29) is 28.5 Å². The topological polar surface area (TPSA) is 86.8 Å². The van der Waals surface area contributed by atoms with Crippen LogP contribution in [0.5, 0.6) is 0 Å². The molecule has 2 aliphatic rings. The quantitative estimate of drug-likeness (QED) is 0.469. The predicted octanol–water partition coefficient (Wildman–Crippen LogP) is 4.28. The van der Waals surface area contributed by atoms with E-state index in [9.17, 15) is 18.0 Å². The van der Waals surface area contributed by atoms with Crippen LogP contribution in [0.4, 0.5) is 0 Å². The second-order valence-electron chi connectivity index (χ2n) is 9.88. The van der Waals surface area contributed by atoms with Crippen LogP contribution in [-0.2, 0) is 14.8 Å².